The zero-order chi connectivity index (χ0) is 19.3. The summed E-state index contributed by atoms with van der Waals surface area (Å²) in [6, 6.07) is -0.152. The standard InChI is InChI=1S/C19H31N5O3/c1-15(2)5-9-24-10-7-19(8-11-24)6-4-16(27-19)12-20-18(25)23(3)13-17-21-14-26-22-17/h5,14,16H,4,6-13H2,1-3H3,(H,20,25)/t16-/m0/s1. The van der Waals surface area contributed by atoms with Gasteiger partial charge in [0, 0.05) is 33.2 Å². The van der Waals surface area contributed by atoms with Gasteiger partial charge in [0.1, 0.15) is 0 Å². The molecule has 1 aromatic rings. The highest BCUT2D eigenvalue weighted by atomic mass is 16.5. The van der Waals surface area contributed by atoms with Crippen LogP contribution in [0.15, 0.2) is 22.6 Å². The molecule has 150 valence electrons. The number of amides is 2. The topological polar surface area (TPSA) is 83.7 Å². The monoisotopic (exact) mass is 377 g/mol. The van der Waals surface area contributed by atoms with Gasteiger partial charge in [-0.3, -0.25) is 4.90 Å². The van der Waals surface area contributed by atoms with E-state index in [-0.39, 0.29) is 17.7 Å². The van der Waals surface area contributed by atoms with E-state index in [4.69, 9.17) is 4.74 Å². The number of allylic oxidation sites excluding steroid dienone is 1. The van der Waals surface area contributed by atoms with Gasteiger partial charge in [0.05, 0.1) is 18.2 Å². The van der Waals surface area contributed by atoms with Gasteiger partial charge >= 0.3 is 6.03 Å². The van der Waals surface area contributed by atoms with Gasteiger partial charge in [-0.1, -0.05) is 16.8 Å². The molecule has 0 unspecified atom stereocenters. The maximum Gasteiger partial charge on any atom is 0.317 e. The van der Waals surface area contributed by atoms with Crippen LogP contribution in [0.1, 0.15) is 45.4 Å². The van der Waals surface area contributed by atoms with Crippen LogP contribution in [0.4, 0.5) is 4.79 Å². The summed E-state index contributed by atoms with van der Waals surface area (Å²) in [5.74, 6) is 0.489. The van der Waals surface area contributed by atoms with E-state index >= 15 is 0 Å². The first kappa shape index (κ1) is 19.8. The van der Waals surface area contributed by atoms with Crippen LogP contribution < -0.4 is 5.32 Å². The molecule has 0 aliphatic carbocycles. The Hall–Kier alpha value is -1.93. The van der Waals surface area contributed by atoms with E-state index in [1.165, 1.54) is 16.9 Å². The Labute approximate surface area is 160 Å². The zero-order valence-corrected chi connectivity index (χ0v) is 16.6. The van der Waals surface area contributed by atoms with E-state index in [2.05, 4.69) is 44.8 Å². The largest absolute Gasteiger partial charge is 0.370 e. The molecular formula is C19H31N5O3. The number of hydrogen-bond acceptors (Lipinski definition) is 6. The summed E-state index contributed by atoms with van der Waals surface area (Å²) in [4.78, 5) is 20.2. The second kappa shape index (κ2) is 8.84. The van der Waals surface area contributed by atoms with Crippen molar-refractivity contribution in [3.63, 3.8) is 0 Å². The summed E-state index contributed by atoms with van der Waals surface area (Å²) >= 11 is 0. The lowest BCUT2D eigenvalue weighted by molar-refractivity contribution is -0.0740. The van der Waals surface area contributed by atoms with Crippen LogP contribution in [-0.4, -0.2) is 70.9 Å². The molecule has 1 N–H and O–H groups in total. The number of nitrogens with zero attached hydrogens (tertiary/aromatic N) is 4. The molecule has 2 aliphatic heterocycles. The molecule has 2 amide bonds. The number of urea groups is 1. The number of piperidine rings is 1. The van der Waals surface area contributed by atoms with Gasteiger partial charge in [-0.2, -0.15) is 4.98 Å². The summed E-state index contributed by atoms with van der Waals surface area (Å²) in [6.07, 6.45) is 7.88. The van der Waals surface area contributed by atoms with Gasteiger partial charge in [0.25, 0.3) is 0 Å². The molecule has 0 aromatic carbocycles. The van der Waals surface area contributed by atoms with Crippen molar-refractivity contribution in [3.8, 4) is 0 Å². The van der Waals surface area contributed by atoms with Crippen molar-refractivity contribution in [3.05, 3.63) is 23.9 Å². The summed E-state index contributed by atoms with van der Waals surface area (Å²) < 4.78 is 11.1. The maximum atomic E-state index is 12.2. The first-order valence-corrected chi connectivity index (χ1v) is 9.73. The molecule has 0 bridgehead atoms. The molecular weight excluding hydrogens is 346 g/mol. The minimum absolute atomic E-state index is 0.00734. The second-order valence-corrected chi connectivity index (χ2v) is 7.93. The van der Waals surface area contributed by atoms with Crippen molar-refractivity contribution < 1.29 is 14.1 Å². The molecule has 0 saturated carbocycles. The van der Waals surface area contributed by atoms with Crippen LogP contribution >= 0.6 is 0 Å². The minimum Gasteiger partial charge on any atom is -0.370 e. The highest BCUT2D eigenvalue weighted by Crippen LogP contribution is 2.38. The lowest BCUT2D eigenvalue weighted by Crippen LogP contribution is -2.45. The number of aromatic nitrogens is 2. The molecule has 3 rings (SSSR count). The molecule has 3 heterocycles. The van der Waals surface area contributed by atoms with Crippen molar-refractivity contribution in [2.45, 2.75) is 57.8 Å². The Balaban J connectivity index is 1.38. The Kier molecular flexibility index (Phi) is 6.49. The molecule has 0 radical (unpaired) electrons. The fourth-order valence-corrected chi connectivity index (χ4v) is 3.74. The maximum absolute atomic E-state index is 12.2. The Morgan fingerprint density at radius 3 is 2.85 bits per heavy atom. The lowest BCUT2D eigenvalue weighted by Gasteiger charge is -2.39. The van der Waals surface area contributed by atoms with Crippen molar-refractivity contribution in [2.24, 2.45) is 0 Å². The van der Waals surface area contributed by atoms with Crippen LogP contribution in [0, 0.1) is 0 Å². The Bertz CT molecular complexity index is 634. The summed E-state index contributed by atoms with van der Waals surface area (Å²) in [7, 11) is 1.71. The van der Waals surface area contributed by atoms with E-state index in [0.717, 1.165) is 45.3 Å². The van der Waals surface area contributed by atoms with E-state index in [0.29, 0.717) is 18.9 Å². The number of carbonyl (C=O) groups excluding carboxylic acids is 1. The van der Waals surface area contributed by atoms with Gasteiger partial charge in [-0.25, -0.2) is 4.79 Å². The van der Waals surface area contributed by atoms with E-state index in [1.54, 1.807) is 7.05 Å². The van der Waals surface area contributed by atoms with Gasteiger partial charge < -0.3 is 19.5 Å². The fraction of sp³-hybridized carbons (Fsp3) is 0.737. The first-order chi connectivity index (χ1) is 13.0. The van der Waals surface area contributed by atoms with Crippen molar-refractivity contribution in [1.29, 1.82) is 0 Å². The van der Waals surface area contributed by atoms with Crippen molar-refractivity contribution in [2.75, 3.05) is 33.2 Å². The zero-order valence-electron chi connectivity index (χ0n) is 16.6. The summed E-state index contributed by atoms with van der Waals surface area (Å²) in [6.45, 7) is 8.34. The number of nitrogens with one attached hydrogen (secondary N) is 1. The van der Waals surface area contributed by atoms with E-state index in [9.17, 15) is 4.79 Å². The van der Waals surface area contributed by atoms with Crippen LogP contribution in [0.2, 0.25) is 0 Å². The quantitative estimate of drug-likeness (QED) is 0.765. The second-order valence-electron chi connectivity index (χ2n) is 7.93. The van der Waals surface area contributed by atoms with Crippen LogP contribution in [0.5, 0.6) is 0 Å². The van der Waals surface area contributed by atoms with Crippen LogP contribution in [-0.2, 0) is 11.3 Å². The third-order valence-electron chi connectivity index (χ3n) is 5.48. The summed E-state index contributed by atoms with van der Waals surface area (Å²) in [5, 5.41) is 6.68. The SMILES string of the molecule is CC(C)=CCN1CCC2(CC[C@@H](CNC(=O)N(C)Cc3ncon3)O2)CC1. The summed E-state index contributed by atoms with van der Waals surface area (Å²) in [5.41, 5.74) is 1.38. The normalized spacial score (nSPS) is 22.0. The molecule has 27 heavy (non-hydrogen) atoms. The highest BCUT2D eigenvalue weighted by molar-refractivity contribution is 5.73. The first-order valence-electron chi connectivity index (χ1n) is 9.73. The molecule has 1 aromatic heterocycles. The molecule has 1 spiro atoms. The van der Waals surface area contributed by atoms with E-state index in [1.807, 2.05) is 0 Å². The highest BCUT2D eigenvalue weighted by Gasteiger charge is 2.42. The van der Waals surface area contributed by atoms with Crippen molar-refractivity contribution >= 4 is 6.03 Å². The molecule has 2 fully saturated rings. The smallest absolute Gasteiger partial charge is 0.317 e. The van der Waals surface area contributed by atoms with E-state index < -0.39 is 0 Å². The lowest BCUT2D eigenvalue weighted by atomic mass is 9.88. The van der Waals surface area contributed by atoms with Crippen molar-refractivity contribution in [1.82, 2.24) is 25.3 Å². The predicted octanol–water partition coefficient (Wildman–Crippen LogP) is 2.19. The molecule has 1 atom stereocenters. The molecule has 2 aliphatic rings. The number of hydrogen-bond donors (Lipinski definition) is 1. The van der Waals surface area contributed by atoms with Crippen LogP contribution in [0.3, 0.4) is 0 Å². The molecule has 8 heteroatoms. The van der Waals surface area contributed by atoms with Gasteiger partial charge in [-0.05, 0) is 39.5 Å². The average Bonchev–Trinajstić information content (AvgIpc) is 3.29. The fourth-order valence-electron chi connectivity index (χ4n) is 3.74. The van der Waals surface area contributed by atoms with Gasteiger partial charge in [0.15, 0.2) is 5.82 Å². The Morgan fingerprint density at radius 1 is 1.41 bits per heavy atom. The average molecular weight is 377 g/mol. The number of rotatable bonds is 6. The predicted molar refractivity (Wildman–Crippen MR) is 101 cm³/mol. The van der Waals surface area contributed by atoms with Gasteiger partial charge in [0.2, 0.25) is 6.39 Å². The van der Waals surface area contributed by atoms with Crippen LogP contribution in [0.25, 0.3) is 0 Å². The van der Waals surface area contributed by atoms with Gasteiger partial charge in [-0.15, -0.1) is 0 Å². The third-order valence-corrected chi connectivity index (χ3v) is 5.48. The minimum atomic E-state index is -0.152. The molecule has 2 saturated heterocycles. The number of carbonyl (C=O) groups is 1. The molecule has 8 nitrogen and oxygen atoms in total. The Morgan fingerprint density at radius 2 is 2.19 bits per heavy atom. The number of likely N-dealkylation sites (tertiary alicyclic amines) is 1. The third kappa shape index (κ3) is 5.52. The number of ether oxygens (including phenoxy) is 1.